The molecule has 0 bridgehead atoms. The zero-order chi connectivity index (χ0) is 46.6. The Morgan fingerprint density at radius 1 is 0.333 bits per heavy atom. The van der Waals surface area contributed by atoms with Crippen LogP contribution in [0.2, 0.25) is 0 Å². The Hall–Kier alpha value is -5.14. The second-order valence-electron chi connectivity index (χ2n) is 8.26. The summed E-state index contributed by atoms with van der Waals surface area (Å²) in [5, 5.41) is -3.63. The van der Waals surface area contributed by atoms with Gasteiger partial charge in [0.2, 0.25) is 0 Å². The van der Waals surface area contributed by atoms with E-state index in [2.05, 4.69) is 0 Å². The predicted octanol–water partition coefficient (Wildman–Crippen LogP) is 10.9. The molecule has 8 aromatic rings. The summed E-state index contributed by atoms with van der Waals surface area (Å²) in [5.74, 6) is 0. The van der Waals surface area contributed by atoms with Crippen molar-refractivity contribution in [1.29, 1.82) is 0 Å². The van der Waals surface area contributed by atoms with Crippen LogP contribution in [0.4, 0.5) is 0 Å². The van der Waals surface area contributed by atoms with Crippen LogP contribution in [-0.4, -0.2) is 0 Å². The van der Waals surface area contributed by atoms with Crippen LogP contribution in [0.25, 0.3) is 76.9 Å². The minimum Gasteiger partial charge on any atom is -0.456 e. The van der Waals surface area contributed by atoms with Gasteiger partial charge in [-0.25, -0.2) is 0 Å². The van der Waals surface area contributed by atoms with Gasteiger partial charge in [-0.1, -0.05) is 121 Å². The molecule has 0 aliphatic heterocycles. The van der Waals surface area contributed by atoms with E-state index in [9.17, 15) is 9.60 Å². The summed E-state index contributed by atoms with van der Waals surface area (Å²) in [7, 11) is 0. The lowest BCUT2D eigenvalue weighted by molar-refractivity contribution is 0.669. The van der Waals surface area contributed by atoms with Gasteiger partial charge in [0, 0.05) is 10.8 Å². The normalized spacial score (nSPS) is 20.2. The number of para-hydroxylation sites is 1. The molecule has 0 unspecified atom stereocenters. The Balaban J connectivity index is 1.73. The molecule has 1 heterocycles. The SMILES string of the molecule is [2H]c1c([2H])c([2H])c(-c2c([2H])c([2H])c([2H])c(-c3c4c([2H])c([2H])c([2H])c([2H])c4c(-c4c([2H])c([2H])c5oc6c([2H])c([2H])c([2H])c([2H])c6c5c4[2H])c4c([2H])c([2H])c([2H])c([2H])c34)c2[2H])c([2H])c1[2H]. The third kappa shape index (κ3) is 3.48. The Kier molecular flexibility index (Phi) is 1.94. The Morgan fingerprint density at radius 3 is 1.49 bits per heavy atom. The molecule has 39 heavy (non-hydrogen) atoms. The summed E-state index contributed by atoms with van der Waals surface area (Å²) in [6.07, 6.45) is 0. The number of hydrogen-bond donors (Lipinski definition) is 0. The topological polar surface area (TPSA) is 13.1 Å². The minimum atomic E-state index is -1.02. The van der Waals surface area contributed by atoms with Gasteiger partial charge in [-0.05, 0) is 79.1 Å². The molecule has 1 aromatic heterocycles. The number of rotatable bonds is 3. The van der Waals surface area contributed by atoms with Crippen molar-refractivity contribution in [3.8, 4) is 33.4 Å². The molecule has 8 rings (SSSR count). The van der Waals surface area contributed by atoms with Crippen molar-refractivity contribution >= 4 is 43.5 Å². The molecule has 0 spiro atoms. The number of hydrogen-bond acceptors (Lipinski definition) is 1. The molecule has 0 aliphatic rings. The van der Waals surface area contributed by atoms with Gasteiger partial charge in [-0.15, -0.1) is 0 Å². The maximum Gasteiger partial charge on any atom is 0.135 e. The first-order valence-electron chi connectivity index (χ1n) is 23.4. The van der Waals surface area contributed by atoms with Gasteiger partial charge in [0.15, 0.2) is 0 Å². The molecule has 0 amide bonds. The first kappa shape index (κ1) is 8.69. The van der Waals surface area contributed by atoms with Crippen molar-refractivity contribution in [3.05, 3.63) is 145 Å². The van der Waals surface area contributed by atoms with E-state index >= 15 is 0 Å². The summed E-state index contributed by atoms with van der Waals surface area (Å²) >= 11 is 0. The molecule has 0 radical (unpaired) electrons. The lowest BCUT2D eigenvalue weighted by Gasteiger charge is -2.18. The summed E-state index contributed by atoms with van der Waals surface area (Å²) in [4.78, 5) is 0. The number of furan rings is 1. The van der Waals surface area contributed by atoms with Gasteiger partial charge in [0.05, 0.1) is 32.9 Å². The third-order valence-corrected chi connectivity index (χ3v) is 6.14. The fourth-order valence-corrected chi connectivity index (χ4v) is 4.52. The van der Waals surface area contributed by atoms with Gasteiger partial charge >= 0.3 is 0 Å². The van der Waals surface area contributed by atoms with Crippen molar-refractivity contribution in [2.45, 2.75) is 0 Å². The second-order valence-corrected chi connectivity index (χ2v) is 8.26. The Morgan fingerprint density at radius 2 is 0.821 bits per heavy atom. The summed E-state index contributed by atoms with van der Waals surface area (Å²) in [5.41, 5.74) is -5.48. The summed E-state index contributed by atoms with van der Waals surface area (Å²) in [6, 6.07) is -21.5. The second kappa shape index (κ2) is 8.72. The molecular weight excluding hydrogens is 472 g/mol. The van der Waals surface area contributed by atoms with E-state index in [-0.39, 0.29) is 0 Å². The van der Waals surface area contributed by atoms with Crippen LogP contribution in [0, 0.1) is 0 Å². The van der Waals surface area contributed by atoms with E-state index < -0.39 is 222 Å². The lowest BCUT2D eigenvalue weighted by atomic mass is 9.85. The minimum absolute atomic E-state index is 0.402. The van der Waals surface area contributed by atoms with Crippen molar-refractivity contribution < 1.29 is 37.3 Å². The lowest BCUT2D eigenvalue weighted by Crippen LogP contribution is -1.91. The van der Waals surface area contributed by atoms with E-state index in [1.807, 2.05) is 0 Å². The fraction of sp³-hybridized carbons (Fsp3) is 0. The van der Waals surface area contributed by atoms with Crippen LogP contribution < -0.4 is 0 Å². The quantitative estimate of drug-likeness (QED) is 0.211. The molecule has 0 saturated heterocycles. The van der Waals surface area contributed by atoms with E-state index in [0.29, 0.717) is 0 Å². The highest BCUT2D eigenvalue weighted by Crippen LogP contribution is 2.45. The molecule has 0 fully saturated rings. The third-order valence-electron chi connectivity index (χ3n) is 6.14. The van der Waals surface area contributed by atoms with Crippen LogP contribution in [0.5, 0.6) is 0 Å². The fourth-order valence-electron chi connectivity index (χ4n) is 4.52. The zero-order valence-corrected chi connectivity index (χ0v) is 19.4. The average Bonchev–Trinajstić information content (AvgIpc) is 3.67. The van der Waals surface area contributed by atoms with Crippen LogP contribution in [0.15, 0.2) is 149 Å². The van der Waals surface area contributed by atoms with Crippen LogP contribution in [0.1, 0.15) is 32.9 Å². The molecule has 0 atom stereocenters. The molecule has 7 aromatic carbocycles. The maximum atomic E-state index is 9.56. The Bertz CT molecular complexity index is 3390. The maximum absolute atomic E-state index is 9.56. The molecular formula is C38H24O. The highest BCUT2D eigenvalue weighted by molar-refractivity contribution is 6.22. The van der Waals surface area contributed by atoms with Gasteiger partial charge in [0.25, 0.3) is 0 Å². The number of fused-ring (bicyclic) bond motifs is 5. The molecule has 1 heteroatoms. The largest absolute Gasteiger partial charge is 0.456 e. The van der Waals surface area contributed by atoms with Crippen LogP contribution >= 0.6 is 0 Å². The van der Waals surface area contributed by atoms with Crippen LogP contribution in [-0.2, 0) is 0 Å². The molecule has 182 valence electrons. The molecule has 0 N–H and O–H groups in total. The first-order valence-corrected chi connectivity index (χ1v) is 11.4. The van der Waals surface area contributed by atoms with E-state index in [1.54, 1.807) is 0 Å². The zero-order valence-electron chi connectivity index (χ0n) is 43.4. The summed E-state index contributed by atoms with van der Waals surface area (Å²) in [6.45, 7) is 0. The van der Waals surface area contributed by atoms with E-state index in [1.165, 1.54) is 0 Å². The van der Waals surface area contributed by atoms with Gasteiger partial charge < -0.3 is 4.42 Å². The van der Waals surface area contributed by atoms with Crippen molar-refractivity contribution in [2.75, 3.05) is 0 Å². The van der Waals surface area contributed by atoms with Gasteiger partial charge in [0.1, 0.15) is 11.2 Å². The van der Waals surface area contributed by atoms with Crippen LogP contribution in [0.3, 0.4) is 0 Å². The smallest absolute Gasteiger partial charge is 0.135 e. The van der Waals surface area contributed by atoms with E-state index in [4.69, 9.17) is 27.7 Å². The number of benzene rings is 7. The van der Waals surface area contributed by atoms with Crippen molar-refractivity contribution in [2.24, 2.45) is 0 Å². The molecule has 1 nitrogen and oxygen atoms in total. The Labute approximate surface area is 260 Å². The standard InChI is InChI=1S/C38H24O/c1-2-11-25(12-3-1)26-13-10-14-27(23-26)37-30-16-4-6-18-32(30)38(33-19-7-5-17-31(33)37)28-21-22-36-34(24-28)29-15-8-9-20-35(29)39-36/h1-24H/i1D,2D,3D,4D,5D,6D,7D,8D,9D,10D,11D,12D,13D,14D,15D,16D,17D,18D,19D,20D,21D,22D,23D,24D. The van der Waals surface area contributed by atoms with Crippen molar-refractivity contribution in [1.82, 2.24) is 0 Å². The molecule has 0 aliphatic carbocycles. The van der Waals surface area contributed by atoms with Gasteiger partial charge in [-0.2, -0.15) is 0 Å². The highest BCUT2D eigenvalue weighted by atomic mass is 16.3. The predicted molar refractivity (Wildman–Crippen MR) is 165 cm³/mol. The van der Waals surface area contributed by atoms with E-state index in [0.717, 1.165) is 0 Å². The monoisotopic (exact) mass is 520 g/mol. The highest BCUT2D eigenvalue weighted by Gasteiger charge is 2.18. The first-order chi connectivity index (χ1) is 29.3. The molecule has 0 saturated carbocycles. The van der Waals surface area contributed by atoms with Crippen molar-refractivity contribution in [3.63, 3.8) is 0 Å². The van der Waals surface area contributed by atoms with Gasteiger partial charge in [-0.3, -0.25) is 0 Å². The summed E-state index contributed by atoms with van der Waals surface area (Å²) < 4.78 is 217. The average molecular weight is 521 g/mol.